The second kappa shape index (κ2) is 11.0. The number of hydrogen-bond acceptors (Lipinski definition) is 2. The molecule has 1 N–H and O–H groups in total. The van der Waals surface area contributed by atoms with Gasteiger partial charge in [0.15, 0.2) is 0 Å². The maximum Gasteiger partial charge on any atom is 0.230 e. The molecule has 1 saturated carbocycles. The Morgan fingerprint density at radius 3 is 2.24 bits per heavy atom. The van der Waals surface area contributed by atoms with Crippen LogP contribution in [0.25, 0.3) is 0 Å². The molecule has 1 aliphatic rings. The fraction of sp³-hybridized carbons (Fsp3) is 0.310. The fourth-order valence-electron chi connectivity index (χ4n) is 4.52. The number of anilines is 1. The van der Waals surface area contributed by atoms with Gasteiger partial charge in [-0.25, -0.2) is 0 Å². The van der Waals surface area contributed by atoms with Crippen LogP contribution >= 0.6 is 0 Å². The second-order valence-electron chi connectivity index (χ2n) is 9.00. The summed E-state index contributed by atoms with van der Waals surface area (Å²) < 4.78 is 0. The average molecular weight is 441 g/mol. The number of carbonyl (C=O) groups excluding carboxylic acids is 2. The molecule has 1 aliphatic carbocycles. The molecule has 0 heterocycles. The maximum atomic E-state index is 13.4. The first-order valence-corrected chi connectivity index (χ1v) is 11.8. The van der Waals surface area contributed by atoms with E-state index in [1.165, 1.54) is 5.56 Å². The van der Waals surface area contributed by atoms with Gasteiger partial charge in [0, 0.05) is 18.2 Å². The minimum Gasteiger partial charge on any atom is -0.352 e. The van der Waals surface area contributed by atoms with Crippen molar-refractivity contribution in [3.8, 4) is 0 Å². The summed E-state index contributed by atoms with van der Waals surface area (Å²) in [5.41, 5.74) is 5.23. The van der Waals surface area contributed by atoms with E-state index < -0.39 is 0 Å². The van der Waals surface area contributed by atoms with E-state index in [1.807, 2.05) is 65.6 Å². The Hall–Kier alpha value is -3.40. The monoisotopic (exact) mass is 440 g/mol. The van der Waals surface area contributed by atoms with Crippen molar-refractivity contribution in [3.63, 3.8) is 0 Å². The fourth-order valence-corrected chi connectivity index (χ4v) is 4.52. The number of hydrogen-bond donors (Lipinski definition) is 1. The van der Waals surface area contributed by atoms with Crippen LogP contribution in [0.4, 0.5) is 5.69 Å². The third kappa shape index (κ3) is 6.32. The number of carbonyl (C=O) groups is 2. The summed E-state index contributed by atoms with van der Waals surface area (Å²) in [4.78, 5) is 27.7. The Kier molecular flexibility index (Phi) is 7.56. The van der Waals surface area contributed by atoms with Crippen molar-refractivity contribution in [3.05, 3.63) is 101 Å². The van der Waals surface area contributed by atoms with Crippen LogP contribution in [-0.4, -0.2) is 11.8 Å². The summed E-state index contributed by atoms with van der Waals surface area (Å²) in [5, 5.41) is 2.97. The van der Waals surface area contributed by atoms with Crippen LogP contribution in [0.1, 0.15) is 47.9 Å². The molecular weight excluding hydrogens is 408 g/mol. The van der Waals surface area contributed by atoms with Crippen LogP contribution in [-0.2, 0) is 29.1 Å². The topological polar surface area (TPSA) is 49.4 Å². The number of nitrogens with zero attached hydrogens (tertiary/aromatic N) is 1. The molecule has 3 aromatic rings. The van der Waals surface area contributed by atoms with Crippen LogP contribution in [0.15, 0.2) is 78.9 Å². The zero-order valence-electron chi connectivity index (χ0n) is 19.3. The van der Waals surface area contributed by atoms with Crippen molar-refractivity contribution in [2.75, 3.05) is 4.90 Å². The first-order valence-electron chi connectivity index (χ1n) is 11.8. The normalized spacial score (nSPS) is 13.6. The van der Waals surface area contributed by atoms with Gasteiger partial charge in [-0.3, -0.25) is 9.59 Å². The largest absolute Gasteiger partial charge is 0.352 e. The zero-order chi connectivity index (χ0) is 23.0. The Morgan fingerprint density at radius 2 is 1.55 bits per heavy atom. The zero-order valence-corrected chi connectivity index (χ0v) is 19.3. The molecule has 4 nitrogen and oxygen atoms in total. The number of benzene rings is 3. The average Bonchev–Trinajstić information content (AvgIpc) is 3.37. The molecule has 1 fully saturated rings. The molecule has 2 amide bonds. The maximum absolute atomic E-state index is 13.4. The first-order chi connectivity index (χ1) is 16.1. The smallest absolute Gasteiger partial charge is 0.230 e. The van der Waals surface area contributed by atoms with E-state index >= 15 is 0 Å². The predicted octanol–water partition coefficient (Wildman–Crippen LogP) is 5.58. The SMILES string of the molecule is Cc1cccc(CN(C(=O)C2CCCC2)c2ccc(CC(=O)NCc3ccccc3)cc2)c1. The minimum absolute atomic E-state index is 0.00903. The molecule has 0 aliphatic heterocycles. The number of amides is 2. The molecule has 0 spiro atoms. The Bertz CT molecular complexity index is 1070. The van der Waals surface area contributed by atoms with Gasteiger partial charge in [0.2, 0.25) is 11.8 Å². The van der Waals surface area contributed by atoms with Gasteiger partial charge in [0.05, 0.1) is 13.0 Å². The van der Waals surface area contributed by atoms with Gasteiger partial charge in [0.25, 0.3) is 0 Å². The molecule has 0 radical (unpaired) electrons. The number of rotatable bonds is 8. The highest BCUT2D eigenvalue weighted by Crippen LogP contribution is 2.30. The summed E-state index contributed by atoms with van der Waals surface area (Å²) >= 11 is 0. The quantitative estimate of drug-likeness (QED) is 0.497. The van der Waals surface area contributed by atoms with E-state index in [9.17, 15) is 9.59 Å². The molecule has 0 atom stereocenters. The van der Waals surface area contributed by atoms with Crippen molar-refractivity contribution in [1.29, 1.82) is 0 Å². The van der Waals surface area contributed by atoms with Gasteiger partial charge in [-0.2, -0.15) is 0 Å². The van der Waals surface area contributed by atoms with E-state index in [1.54, 1.807) is 0 Å². The Labute approximate surface area is 196 Å². The van der Waals surface area contributed by atoms with Crippen LogP contribution in [0.3, 0.4) is 0 Å². The van der Waals surface area contributed by atoms with Crippen LogP contribution in [0.5, 0.6) is 0 Å². The van der Waals surface area contributed by atoms with E-state index in [0.717, 1.165) is 48.1 Å². The summed E-state index contributed by atoms with van der Waals surface area (Å²) in [6.07, 6.45) is 4.53. The van der Waals surface area contributed by atoms with Crippen molar-refractivity contribution >= 4 is 17.5 Å². The molecule has 0 saturated heterocycles. The highest BCUT2D eigenvalue weighted by atomic mass is 16.2. The lowest BCUT2D eigenvalue weighted by Crippen LogP contribution is -2.35. The molecule has 170 valence electrons. The lowest BCUT2D eigenvalue weighted by Gasteiger charge is -2.26. The van der Waals surface area contributed by atoms with Crippen molar-refractivity contribution in [2.45, 2.75) is 52.1 Å². The van der Waals surface area contributed by atoms with Crippen LogP contribution in [0.2, 0.25) is 0 Å². The minimum atomic E-state index is -0.00903. The molecule has 0 aromatic heterocycles. The van der Waals surface area contributed by atoms with Crippen LogP contribution < -0.4 is 10.2 Å². The number of aryl methyl sites for hydroxylation is 1. The summed E-state index contributed by atoms with van der Waals surface area (Å²) in [7, 11) is 0. The van der Waals surface area contributed by atoms with Gasteiger partial charge in [-0.05, 0) is 48.6 Å². The molecule has 33 heavy (non-hydrogen) atoms. The van der Waals surface area contributed by atoms with Crippen molar-refractivity contribution in [2.24, 2.45) is 5.92 Å². The van der Waals surface area contributed by atoms with Gasteiger partial charge in [0.1, 0.15) is 0 Å². The molecule has 0 unspecified atom stereocenters. The standard InChI is InChI=1S/C29H32N2O2/c1-22-8-7-11-25(18-22)21-31(29(33)26-12-5-6-13-26)27-16-14-23(15-17-27)19-28(32)30-20-24-9-3-2-4-10-24/h2-4,7-11,14-18,26H,5-6,12-13,19-21H2,1H3,(H,30,32). The molecular formula is C29H32N2O2. The lowest BCUT2D eigenvalue weighted by atomic mass is 10.0. The summed E-state index contributed by atoms with van der Waals surface area (Å²) in [5.74, 6) is 0.311. The highest BCUT2D eigenvalue weighted by molar-refractivity contribution is 5.95. The Morgan fingerprint density at radius 1 is 0.848 bits per heavy atom. The third-order valence-electron chi connectivity index (χ3n) is 6.34. The summed E-state index contributed by atoms with van der Waals surface area (Å²) in [6, 6.07) is 26.1. The van der Waals surface area contributed by atoms with E-state index in [2.05, 4.69) is 30.4 Å². The molecule has 4 heteroatoms. The van der Waals surface area contributed by atoms with Gasteiger partial charge >= 0.3 is 0 Å². The van der Waals surface area contributed by atoms with Crippen molar-refractivity contribution < 1.29 is 9.59 Å². The lowest BCUT2D eigenvalue weighted by molar-refractivity contribution is -0.122. The van der Waals surface area contributed by atoms with E-state index in [4.69, 9.17) is 0 Å². The van der Waals surface area contributed by atoms with E-state index in [0.29, 0.717) is 19.5 Å². The summed E-state index contributed by atoms with van der Waals surface area (Å²) in [6.45, 7) is 3.16. The number of nitrogens with one attached hydrogen (secondary N) is 1. The van der Waals surface area contributed by atoms with Crippen LogP contribution in [0, 0.1) is 12.8 Å². The van der Waals surface area contributed by atoms with Gasteiger partial charge in [-0.1, -0.05) is 85.1 Å². The first kappa shape index (κ1) is 22.8. The second-order valence-corrected chi connectivity index (χ2v) is 9.00. The van der Waals surface area contributed by atoms with E-state index in [-0.39, 0.29) is 17.7 Å². The molecule has 0 bridgehead atoms. The highest BCUT2D eigenvalue weighted by Gasteiger charge is 2.28. The van der Waals surface area contributed by atoms with Gasteiger partial charge < -0.3 is 10.2 Å². The molecule has 3 aromatic carbocycles. The van der Waals surface area contributed by atoms with Gasteiger partial charge in [-0.15, -0.1) is 0 Å². The Balaban J connectivity index is 1.44. The third-order valence-corrected chi connectivity index (χ3v) is 6.34. The molecule has 4 rings (SSSR count). The predicted molar refractivity (Wildman–Crippen MR) is 133 cm³/mol. The van der Waals surface area contributed by atoms with Crippen molar-refractivity contribution in [1.82, 2.24) is 5.32 Å².